The first kappa shape index (κ1) is 30.0. The maximum Gasteiger partial charge on any atom is 0.313 e. The number of amides is 1. The third-order valence-corrected chi connectivity index (χ3v) is 8.19. The highest BCUT2D eigenvalue weighted by Crippen LogP contribution is 2.41. The van der Waals surface area contributed by atoms with Gasteiger partial charge in [0.15, 0.2) is 18.3 Å². The summed E-state index contributed by atoms with van der Waals surface area (Å²) in [5, 5.41) is 12.5. The first-order valence-corrected chi connectivity index (χ1v) is 14.6. The molecule has 234 valence electrons. The highest BCUT2D eigenvalue weighted by Gasteiger charge is 2.44. The van der Waals surface area contributed by atoms with E-state index in [4.69, 9.17) is 18.9 Å². The van der Waals surface area contributed by atoms with Gasteiger partial charge in [-0.15, -0.1) is 5.10 Å². The van der Waals surface area contributed by atoms with Crippen LogP contribution < -0.4 is 14.2 Å². The minimum absolute atomic E-state index is 0.0657. The topological polar surface area (TPSA) is 148 Å². The molecule has 13 nitrogen and oxygen atoms in total. The fourth-order valence-electron chi connectivity index (χ4n) is 5.66. The highest BCUT2D eigenvalue weighted by atomic mass is 16.5. The molecule has 1 amide bonds. The van der Waals surface area contributed by atoms with E-state index in [1.165, 1.54) is 4.68 Å². The van der Waals surface area contributed by atoms with Crippen molar-refractivity contribution in [3.63, 3.8) is 0 Å². The fraction of sp³-hybridized carbons (Fsp3) is 0.406. The second kappa shape index (κ2) is 11.5. The van der Waals surface area contributed by atoms with Crippen molar-refractivity contribution in [2.45, 2.75) is 52.4 Å². The summed E-state index contributed by atoms with van der Waals surface area (Å²) in [7, 11) is 3.11. The number of rotatable bonds is 6. The van der Waals surface area contributed by atoms with Crippen LogP contribution in [0.15, 0.2) is 42.5 Å². The number of ketones is 1. The minimum Gasteiger partial charge on any atom is -0.496 e. The number of esters is 1. The number of tetrazole rings is 1. The summed E-state index contributed by atoms with van der Waals surface area (Å²) in [4.78, 5) is 45.6. The summed E-state index contributed by atoms with van der Waals surface area (Å²) in [6.07, 6.45) is 1.15. The van der Waals surface area contributed by atoms with Gasteiger partial charge in [-0.3, -0.25) is 14.4 Å². The molecular formula is C32H34N6O7. The van der Waals surface area contributed by atoms with Crippen molar-refractivity contribution in [1.82, 2.24) is 30.1 Å². The molecule has 4 aromatic rings. The monoisotopic (exact) mass is 614 g/mol. The van der Waals surface area contributed by atoms with Crippen LogP contribution in [-0.4, -0.2) is 80.7 Å². The van der Waals surface area contributed by atoms with Crippen molar-refractivity contribution in [2.24, 2.45) is 5.41 Å². The van der Waals surface area contributed by atoms with Crippen LogP contribution in [0.1, 0.15) is 60.9 Å². The molecule has 2 aromatic carbocycles. The standard InChI is InChI=1S/C32H34N6O7/c1-31(2,3)30(41)44-18-38-28(34-35-36-38)19-9-10-24-21(15-19)23(39)17-32(45-24)11-13-37(14-12-32)29(40)22-16-26(43-5)20-7-6-8-25(42-4)27(20)33-22/h6-10,15-16H,11-14,17-18H2,1-5H3. The molecular weight excluding hydrogens is 580 g/mol. The summed E-state index contributed by atoms with van der Waals surface area (Å²) in [6.45, 7) is 5.92. The Morgan fingerprint density at radius 3 is 2.49 bits per heavy atom. The Morgan fingerprint density at radius 1 is 1.02 bits per heavy atom. The van der Waals surface area contributed by atoms with Gasteiger partial charge in [-0.1, -0.05) is 6.07 Å². The van der Waals surface area contributed by atoms with E-state index in [1.807, 2.05) is 12.1 Å². The van der Waals surface area contributed by atoms with E-state index in [2.05, 4.69) is 20.5 Å². The van der Waals surface area contributed by atoms with E-state index in [9.17, 15) is 14.4 Å². The molecule has 13 heteroatoms. The summed E-state index contributed by atoms with van der Waals surface area (Å²) in [5.41, 5.74) is 0.441. The first-order chi connectivity index (χ1) is 21.5. The van der Waals surface area contributed by atoms with Crippen LogP contribution in [0.25, 0.3) is 22.3 Å². The molecule has 0 atom stereocenters. The van der Waals surface area contributed by atoms with Gasteiger partial charge in [-0.2, -0.15) is 4.68 Å². The summed E-state index contributed by atoms with van der Waals surface area (Å²) in [5.74, 6) is 1.24. The van der Waals surface area contributed by atoms with Crippen molar-refractivity contribution in [2.75, 3.05) is 27.3 Å². The van der Waals surface area contributed by atoms with E-state index in [0.29, 0.717) is 65.6 Å². The molecule has 1 fully saturated rings. The van der Waals surface area contributed by atoms with Gasteiger partial charge < -0.3 is 23.8 Å². The van der Waals surface area contributed by atoms with Crippen LogP contribution in [0.5, 0.6) is 17.2 Å². The number of aromatic nitrogens is 5. The van der Waals surface area contributed by atoms with E-state index in [1.54, 1.807) is 70.2 Å². The lowest BCUT2D eigenvalue weighted by molar-refractivity contribution is -0.157. The highest BCUT2D eigenvalue weighted by molar-refractivity contribution is 6.01. The van der Waals surface area contributed by atoms with Gasteiger partial charge in [0.2, 0.25) is 0 Å². The van der Waals surface area contributed by atoms with Crippen LogP contribution in [0, 0.1) is 5.41 Å². The van der Waals surface area contributed by atoms with E-state index >= 15 is 0 Å². The van der Waals surface area contributed by atoms with Crippen LogP contribution in [0.3, 0.4) is 0 Å². The van der Waals surface area contributed by atoms with Crippen LogP contribution in [0.4, 0.5) is 0 Å². The normalized spacial score (nSPS) is 15.8. The Morgan fingerprint density at radius 2 is 1.78 bits per heavy atom. The smallest absolute Gasteiger partial charge is 0.313 e. The summed E-state index contributed by atoms with van der Waals surface area (Å²) in [6, 6.07) is 12.4. The Hall–Kier alpha value is -5.07. The molecule has 0 N–H and O–H groups in total. The van der Waals surface area contributed by atoms with Gasteiger partial charge in [0.05, 0.1) is 31.6 Å². The number of carbonyl (C=O) groups excluding carboxylic acids is 3. The SMILES string of the molecule is COc1cc(C(=O)N2CCC3(CC2)CC(=O)c2cc(-c4nnnn4COC(=O)C(C)(C)C)ccc2O3)nc2c(OC)cccc12. The molecule has 0 aliphatic carbocycles. The molecule has 45 heavy (non-hydrogen) atoms. The molecule has 0 saturated carbocycles. The number of benzene rings is 2. The molecule has 6 rings (SSSR count). The number of Topliss-reactive ketones (excluding diaryl/α,β-unsaturated/α-hetero) is 1. The molecule has 4 heterocycles. The van der Waals surface area contributed by atoms with Crippen molar-refractivity contribution in [1.29, 1.82) is 0 Å². The maximum absolute atomic E-state index is 13.6. The van der Waals surface area contributed by atoms with Gasteiger partial charge in [-0.05, 0) is 61.5 Å². The number of hydrogen-bond donors (Lipinski definition) is 0. The zero-order valence-electron chi connectivity index (χ0n) is 25.8. The molecule has 2 aliphatic rings. The molecule has 0 unspecified atom stereocenters. The Kier molecular flexibility index (Phi) is 7.63. The number of likely N-dealkylation sites (tertiary alicyclic amines) is 1. The van der Waals surface area contributed by atoms with E-state index < -0.39 is 11.0 Å². The molecule has 1 saturated heterocycles. The third kappa shape index (κ3) is 5.65. The Bertz CT molecular complexity index is 1800. The Balaban J connectivity index is 1.16. The second-order valence-electron chi connectivity index (χ2n) is 12.3. The number of fused-ring (bicyclic) bond motifs is 2. The molecule has 2 aromatic heterocycles. The number of para-hydroxylation sites is 1. The van der Waals surface area contributed by atoms with Gasteiger partial charge in [0, 0.05) is 42.9 Å². The predicted molar refractivity (Wildman–Crippen MR) is 161 cm³/mol. The lowest BCUT2D eigenvalue weighted by Gasteiger charge is -2.44. The van der Waals surface area contributed by atoms with Crippen molar-refractivity contribution >= 4 is 28.6 Å². The predicted octanol–water partition coefficient (Wildman–Crippen LogP) is 4.09. The number of nitrogens with zero attached hydrogens (tertiary/aromatic N) is 6. The second-order valence-corrected chi connectivity index (χ2v) is 12.3. The lowest BCUT2D eigenvalue weighted by Crippen LogP contribution is -2.52. The van der Waals surface area contributed by atoms with Crippen molar-refractivity contribution in [3.8, 4) is 28.6 Å². The van der Waals surface area contributed by atoms with E-state index in [0.717, 1.165) is 5.39 Å². The molecule has 2 aliphatic heterocycles. The van der Waals surface area contributed by atoms with Gasteiger partial charge in [0.25, 0.3) is 5.91 Å². The van der Waals surface area contributed by atoms with Gasteiger partial charge >= 0.3 is 5.97 Å². The number of ether oxygens (including phenoxy) is 4. The molecule has 0 bridgehead atoms. The zero-order valence-corrected chi connectivity index (χ0v) is 25.8. The maximum atomic E-state index is 13.6. The average molecular weight is 615 g/mol. The number of methoxy groups -OCH3 is 2. The van der Waals surface area contributed by atoms with Gasteiger partial charge in [-0.25, -0.2) is 4.98 Å². The largest absolute Gasteiger partial charge is 0.496 e. The van der Waals surface area contributed by atoms with E-state index in [-0.39, 0.29) is 36.5 Å². The van der Waals surface area contributed by atoms with Crippen molar-refractivity contribution in [3.05, 3.63) is 53.7 Å². The minimum atomic E-state index is -0.719. The number of hydrogen-bond acceptors (Lipinski definition) is 11. The van der Waals surface area contributed by atoms with Gasteiger partial charge in [0.1, 0.15) is 34.1 Å². The first-order valence-electron chi connectivity index (χ1n) is 14.6. The number of carbonyl (C=O) groups is 3. The van der Waals surface area contributed by atoms with Crippen LogP contribution in [0.2, 0.25) is 0 Å². The average Bonchev–Trinajstić information content (AvgIpc) is 3.51. The molecule has 1 spiro atoms. The van der Waals surface area contributed by atoms with Crippen LogP contribution in [-0.2, 0) is 16.3 Å². The number of pyridine rings is 1. The van der Waals surface area contributed by atoms with Crippen molar-refractivity contribution < 1.29 is 33.3 Å². The quantitative estimate of drug-likeness (QED) is 0.289. The molecule has 0 radical (unpaired) electrons. The lowest BCUT2D eigenvalue weighted by atomic mass is 9.82. The number of piperidine rings is 1. The third-order valence-electron chi connectivity index (χ3n) is 8.19. The fourth-order valence-corrected chi connectivity index (χ4v) is 5.66. The Labute approximate surface area is 259 Å². The summed E-state index contributed by atoms with van der Waals surface area (Å²) < 4.78 is 24.2. The van der Waals surface area contributed by atoms with Crippen LogP contribution >= 0.6 is 0 Å². The summed E-state index contributed by atoms with van der Waals surface area (Å²) >= 11 is 0. The zero-order chi connectivity index (χ0) is 31.9.